The Morgan fingerprint density at radius 1 is 1.41 bits per heavy atom. The molecule has 0 radical (unpaired) electrons. The number of aromatic nitrogens is 2. The van der Waals surface area contributed by atoms with E-state index in [0.717, 1.165) is 22.5 Å². The van der Waals surface area contributed by atoms with Crippen molar-refractivity contribution < 1.29 is 5.11 Å². The fourth-order valence-corrected chi connectivity index (χ4v) is 2.58. The first-order chi connectivity index (χ1) is 8.20. The van der Waals surface area contributed by atoms with Crippen molar-refractivity contribution in [3.05, 3.63) is 17.8 Å². The molecule has 0 aliphatic heterocycles. The zero-order valence-corrected chi connectivity index (χ0v) is 10.9. The number of nitrogens with one attached hydrogen (secondary N) is 1. The summed E-state index contributed by atoms with van der Waals surface area (Å²) in [5.41, 5.74) is 0. The number of hydrogen-bond donors (Lipinski definition) is 2. The SMILES string of the molecule is CC(C)CC(CO)Nc1ncnc2sccc12. The van der Waals surface area contributed by atoms with Crippen LogP contribution in [0.1, 0.15) is 20.3 Å². The maximum absolute atomic E-state index is 9.36. The minimum absolute atomic E-state index is 0.0491. The second-order valence-electron chi connectivity index (χ2n) is 4.52. The number of fused-ring (bicyclic) bond motifs is 1. The summed E-state index contributed by atoms with van der Waals surface area (Å²) in [6, 6.07) is 2.06. The van der Waals surface area contributed by atoms with Crippen molar-refractivity contribution in [2.45, 2.75) is 26.3 Å². The molecule has 17 heavy (non-hydrogen) atoms. The topological polar surface area (TPSA) is 58.0 Å². The van der Waals surface area contributed by atoms with Crippen LogP contribution in [0.5, 0.6) is 0 Å². The molecule has 1 atom stereocenters. The second-order valence-corrected chi connectivity index (χ2v) is 5.41. The smallest absolute Gasteiger partial charge is 0.138 e. The van der Waals surface area contributed by atoms with Crippen molar-refractivity contribution in [3.63, 3.8) is 0 Å². The van der Waals surface area contributed by atoms with E-state index in [4.69, 9.17) is 0 Å². The van der Waals surface area contributed by atoms with Crippen LogP contribution in [0.25, 0.3) is 10.2 Å². The molecule has 2 aromatic heterocycles. The first kappa shape index (κ1) is 12.3. The summed E-state index contributed by atoms with van der Waals surface area (Å²) >= 11 is 1.60. The summed E-state index contributed by atoms with van der Waals surface area (Å²) in [7, 11) is 0. The molecule has 0 aromatic carbocycles. The Bertz CT molecular complexity index is 483. The number of thiophene rings is 1. The predicted molar refractivity (Wildman–Crippen MR) is 71.4 cm³/mol. The van der Waals surface area contributed by atoms with Crippen molar-refractivity contribution in [1.29, 1.82) is 0 Å². The highest BCUT2D eigenvalue weighted by Gasteiger charge is 2.12. The van der Waals surface area contributed by atoms with E-state index in [9.17, 15) is 5.11 Å². The summed E-state index contributed by atoms with van der Waals surface area (Å²) in [5, 5.41) is 15.7. The largest absolute Gasteiger partial charge is 0.394 e. The molecule has 0 spiro atoms. The van der Waals surface area contributed by atoms with Gasteiger partial charge in [-0.1, -0.05) is 13.8 Å². The van der Waals surface area contributed by atoms with E-state index in [1.165, 1.54) is 0 Å². The van der Waals surface area contributed by atoms with Gasteiger partial charge < -0.3 is 10.4 Å². The third kappa shape index (κ3) is 2.92. The van der Waals surface area contributed by atoms with Crippen molar-refractivity contribution >= 4 is 27.4 Å². The summed E-state index contributed by atoms with van der Waals surface area (Å²) < 4.78 is 0. The number of nitrogens with zero attached hydrogens (tertiary/aromatic N) is 2. The second kappa shape index (κ2) is 5.42. The van der Waals surface area contributed by atoms with Gasteiger partial charge >= 0.3 is 0 Å². The molecule has 0 aliphatic rings. The summed E-state index contributed by atoms with van der Waals surface area (Å²) in [4.78, 5) is 9.42. The first-order valence-corrected chi connectivity index (χ1v) is 6.64. The molecule has 0 saturated carbocycles. The van der Waals surface area contributed by atoms with E-state index in [1.54, 1.807) is 17.7 Å². The molecule has 92 valence electrons. The van der Waals surface area contributed by atoms with Crippen molar-refractivity contribution in [3.8, 4) is 0 Å². The maximum atomic E-state index is 9.36. The average molecular weight is 251 g/mol. The van der Waals surface area contributed by atoms with Gasteiger partial charge in [0.05, 0.1) is 18.0 Å². The Labute approximate surface area is 105 Å². The quantitative estimate of drug-likeness (QED) is 0.857. The molecule has 0 amide bonds. The van der Waals surface area contributed by atoms with Crippen LogP contribution in [-0.2, 0) is 0 Å². The summed E-state index contributed by atoms with van der Waals surface area (Å²) in [6.45, 7) is 4.41. The highest BCUT2D eigenvalue weighted by molar-refractivity contribution is 7.16. The fraction of sp³-hybridized carbons (Fsp3) is 0.500. The minimum Gasteiger partial charge on any atom is -0.394 e. The molecular weight excluding hydrogens is 234 g/mol. The lowest BCUT2D eigenvalue weighted by molar-refractivity contribution is 0.259. The average Bonchev–Trinajstić information content (AvgIpc) is 2.76. The molecule has 2 aromatic rings. The Kier molecular flexibility index (Phi) is 3.91. The molecule has 0 bridgehead atoms. The van der Waals surface area contributed by atoms with E-state index < -0.39 is 0 Å². The van der Waals surface area contributed by atoms with Crippen LogP contribution in [0.4, 0.5) is 5.82 Å². The molecule has 1 unspecified atom stereocenters. The summed E-state index contributed by atoms with van der Waals surface area (Å²) in [6.07, 6.45) is 2.48. The molecule has 5 heteroatoms. The third-order valence-electron chi connectivity index (χ3n) is 2.58. The van der Waals surface area contributed by atoms with Gasteiger partial charge in [0.15, 0.2) is 0 Å². The zero-order valence-electron chi connectivity index (χ0n) is 10.1. The normalized spacial score (nSPS) is 13.2. The monoisotopic (exact) mass is 251 g/mol. The minimum atomic E-state index is 0.0491. The van der Waals surface area contributed by atoms with Gasteiger partial charge in [0.25, 0.3) is 0 Å². The van der Waals surface area contributed by atoms with Crippen LogP contribution in [0.3, 0.4) is 0 Å². The van der Waals surface area contributed by atoms with E-state index in [0.29, 0.717) is 5.92 Å². The number of anilines is 1. The summed E-state index contributed by atoms with van der Waals surface area (Å²) in [5.74, 6) is 1.36. The number of hydrogen-bond acceptors (Lipinski definition) is 5. The highest BCUT2D eigenvalue weighted by Crippen LogP contribution is 2.24. The molecule has 0 aliphatic carbocycles. The van der Waals surface area contributed by atoms with E-state index in [1.807, 2.05) is 11.4 Å². The van der Waals surface area contributed by atoms with Gasteiger partial charge in [-0.05, 0) is 23.8 Å². The van der Waals surface area contributed by atoms with Gasteiger partial charge in [0, 0.05) is 0 Å². The maximum Gasteiger partial charge on any atom is 0.138 e. The molecule has 4 nitrogen and oxygen atoms in total. The number of aliphatic hydroxyl groups is 1. The van der Waals surface area contributed by atoms with E-state index in [2.05, 4.69) is 29.1 Å². The Hall–Kier alpha value is -1.20. The molecule has 2 N–H and O–H groups in total. The van der Waals surface area contributed by atoms with Gasteiger partial charge in [-0.15, -0.1) is 11.3 Å². The number of rotatable bonds is 5. The van der Waals surface area contributed by atoms with Crippen molar-refractivity contribution in [2.75, 3.05) is 11.9 Å². The number of aliphatic hydroxyl groups excluding tert-OH is 1. The zero-order chi connectivity index (χ0) is 12.3. The molecule has 0 saturated heterocycles. The lowest BCUT2D eigenvalue weighted by atomic mass is 10.0. The standard InChI is InChI=1S/C12H17N3OS/c1-8(2)5-9(6-16)15-11-10-3-4-17-12(10)14-7-13-11/h3-4,7-9,16H,5-6H2,1-2H3,(H,13,14,15). The lowest BCUT2D eigenvalue weighted by Gasteiger charge is -2.19. The molecule has 2 rings (SSSR count). The van der Waals surface area contributed by atoms with E-state index >= 15 is 0 Å². The Balaban J connectivity index is 2.19. The van der Waals surface area contributed by atoms with Crippen LogP contribution in [-0.4, -0.2) is 27.7 Å². The lowest BCUT2D eigenvalue weighted by Crippen LogP contribution is -2.26. The van der Waals surface area contributed by atoms with Crippen molar-refractivity contribution in [2.24, 2.45) is 5.92 Å². The van der Waals surface area contributed by atoms with Crippen LogP contribution in [0, 0.1) is 5.92 Å². The van der Waals surface area contributed by atoms with Gasteiger partial charge in [0.1, 0.15) is 17.0 Å². The molecular formula is C12H17N3OS. The third-order valence-corrected chi connectivity index (χ3v) is 3.40. The van der Waals surface area contributed by atoms with Gasteiger partial charge in [-0.25, -0.2) is 9.97 Å². The Morgan fingerprint density at radius 2 is 2.24 bits per heavy atom. The first-order valence-electron chi connectivity index (χ1n) is 5.76. The van der Waals surface area contributed by atoms with Crippen LogP contribution in [0.2, 0.25) is 0 Å². The Morgan fingerprint density at radius 3 is 2.94 bits per heavy atom. The van der Waals surface area contributed by atoms with E-state index in [-0.39, 0.29) is 12.6 Å². The molecule has 2 heterocycles. The van der Waals surface area contributed by atoms with Crippen LogP contribution in [0.15, 0.2) is 17.8 Å². The predicted octanol–water partition coefficient (Wildman–Crippen LogP) is 2.51. The fourth-order valence-electron chi connectivity index (χ4n) is 1.85. The van der Waals surface area contributed by atoms with Crippen LogP contribution < -0.4 is 5.32 Å². The van der Waals surface area contributed by atoms with Crippen LogP contribution >= 0.6 is 11.3 Å². The van der Waals surface area contributed by atoms with Gasteiger partial charge in [-0.2, -0.15) is 0 Å². The highest BCUT2D eigenvalue weighted by atomic mass is 32.1. The molecule has 0 fully saturated rings. The van der Waals surface area contributed by atoms with Crippen molar-refractivity contribution in [1.82, 2.24) is 9.97 Å². The van der Waals surface area contributed by atoms with Gasteiger partial charge in [-0.3, -0.25) is 0 Å². The van der Waals surface area contributed by atoms with Gasteiger partial charge in [0.2, 0.25) is 0 Å².